The van der Waals surface area contributed by atoms with Crippen LogP contribution in [0.25, 0.3) is 0 Å². The van der Waals surface area contributed by atoms with Crippen molar-refractivity contribution in [3.8, 4) is 0 Å². The van der Waals surface area contributed by atoms with Gasteiger partial charge in [0, 0.05) is 17.2 Å². The van der Waals surface area contributed by atoms with E-state index in [9.17, 15) is 18.0 Å². The lowest BCUT2D eigenvalue weighted by atomic mass is 10.1. The van der Waals surface area contributed by atoms with E-state index in [4.69, 9.17) is 0 Å². The highest BCUT2D eigenvalue weighted by Gasteiger charge is 2.16. The zero-order valence-electron chi connectivity index (χ0n) is 11.0. The normalized spacial score (nSPS) is 10.5. The van der Waals surface area contributed by atoms with Gasteiger partial charge in [0.25, 0.3) is 5.91 Å². The molecule has 0 fully saturated rings. The number of nitrogens with zero attached hydrogens (tertiary/aromatic N) is 1. The van der Waals surface area contributed by atoms with E-state index >= 15 is 0 Å². The zero-order valence-corrected chi connectivity index (χ0v) is 13.2. The van der Waals surface area contributed by atoms with Crippen molar-refractivity contribution in [3.63, 3.8) is 0 Å². The Labute approximate surface area is 133 Å². The number of carbonyl (C=O) groups is 1. The summed E-state index contributed by atoms with van der Waals surface area (Å²) in [5.74, 6) is -2.62. The smallest absolute Gasteiger partial charge is 0.254 e. The second-order valence-electron chi connectivity index (χ2n) is 4.53. The SMILES string of the molecule is CN(Cc1ccc(F)c(F)c1)C(=O)c1ccc(F)cc1I. The van der Waals surface area contributed by atoms with Gasteiger partial charge in [-0.25, -0.2) is 13.2 Å². The molecular weight excluding hydrogens is 394 g/mol. The van der Waals surface area contributed by atoms with Crippen LogP contribution in [0.5, 0.6) is 0 Å². The predicted molar refractivity (Wildman–Crippen MR) is 81.3 cm³/mol. The first-order valence-corrected chi connectivity index (χ1v) is 7.11. The molecule has 2 aromatic rings. The van der Waals surface area contributed by atoms with E-state index in [1.165, 1.54) is 29.2 Å². The molecule has 1 amide bonds. The minimum atomic E-state index is -0.954. The average Bonchev–Trinajstić information content (AvgIpc) is 2.42. The summed E-state index contributed by atoms with van der Waals surface area (Å²) in [6.07, 6.45) is 0. The lowest BCUT2D eigenvalue weighted by molar-refractivity contribution is 0.0784. The Morgan fingerprint density at radius 2 is 1.81 bits per heavy atom. The van der Waals surface area contributed by atoms with Gasteiger partial charge in [-0.05, 0) is 58.5 Å². The Balaban J connectivity index is 2.17. The van der Waals surface area contributed by atoms with E-state index in [-0.39, 0.29) is 12.5 Å². The maximum Gasteiger partial charge on any atom is 0.254 e. The molecule has 0 aliphatic rings. The van der Waals surface area contributed by atoms with Gasteiger partial charge in [-0.3, -0.25) is 4.79 Å². The fourth-order valence-corrected chi connectivity index (χ4v) is 2.56. The first kappa shape index (κ1) is 15.8. The van der Waals surface area contributed by atoms with Gasteiger partial charge in [-0.15, -0.1) is 0 Å². The molecule has 0 aromatic heterocycles. The number of carbonyl (C=O) groups excluding carboxylic acids is 1. The Morgan fingerprint density at radius 1 is 1.10 bits per heavy atom. The molecule has 0 unspecified atom stereocenters. The molecule has 0 saturated heterocycles. The molecule has 2 aromatic carbocycles. The molecule has 0 aliphatic heterocycles. The minimum Gasteiger partial charge on any atom is -0.337 e. The predicted octanol–water partition coefficient (Wildman–Crippen LogP) is 3.98. The van der Waals surface area contributed by atoms with Crippen molar-refractivity contribution in [2.75, 3.05) is 7.05 Å². The van der Waals surface area contributed by atoms with Crippen LogP contribution in [0, 0.1) is 21.0 Å². The number of rotatable bonds is 3. The molecule has 0 saturated carbocycles. The number of halogens is 4. The summed E-state index contributed by atoms with van der Waals surface area (Å²) in [5.41, 5.74) is 0.837. The van der Waals surface area contributed by atoms with Crippen LogP contribution in [-0.4, -0.2) is 17.9 Å². The van der Waals surface area contributed by atoms with E-state index in [0.29, 0.717) is 14.7 Å². The Bertz CT molecular complexity index is 691. The third kappa shape index (κ3) is 3.75. The molecule has 2 rings (SSSR count). The Morgan fingerprint density at radius 3 is 2.43 bits per heavy atom. The molecule has 6 heteroatoms. The van der Waals surface area contributed by atoms with Crippen molar-refractivity contribution in [3.05, 3.63) is 68.5 Å². The number of hydrogen-bond donors (Lipinski definition) is 0. The molecule has 2 nitrogen and oxygen atoms in total. The summed E-state index contributed by atoms with van der Waals surface area (Å²) >= 11 is 1.88. The maximum absolute atomic E-state index is 13.1. The second-order valence-corrected chi connectivity index (χ2v) is 5.70. The molecule has 0 atom stereocenters. The molecule has 0 heterocycles. The molecule has 0 bridgehead atoms. The van der Waals surface area contributed by atoms with Gasteiger partial charge < -0.3 is 4.90 Å². The minimum absolute atomic E-state index is 0.128. The summed E-state index contributed by atoms with van der Waals surface area (Å²) in [6, 6.07) is 7.36. The number of hydrogen-bond acceptors (Lipinski definition) is 1. The first-order valence-electron chi connectivity index (χ1n) is 6.03. The molecule has 0 aliphatic carbocycles. The van der Waals surface area contributed by atoms with E-state index < -0.39 is 17.5 Å². The van der Waals surface area contributed by atoms with Gasteiger partial charge in [0.15, 0.2) is 11.6 Å². The molecule has 0 N–H and O–H groups in total. The third-order valence-corrected chi connectivity index (χ3v) is 3.80. The van der Waals surface area contributed by atoms with Crippen molar-refractivity contribution in [2.45, 2.75) is 6.54 Å². The monoisotopic (exact) mass is 405 g/mol. The molecule has 0 radical (unpaired) electrons. The van der Waals surface area contributed by atoms with Gasteiger partial charge >= 0.3 is 0 Å². The summed E-state index contributed by atoms with van der Waals surface area (Å²) in [5, 5.41) is 0. The van der Waals surface area contributed by atoms with Crippen molar-refractivity contribution in [1.29, 1.82) is 0 Å². The largest absolute Gasteiger partial charge is 0.337 e. The van der Waals surface area contributed by atoms with Crippen LogP contribution in [0.3, 0.4) is 0 Å². The Hall–Kier alpha value is -1.57. The van der Waals surface area contributed by atoms with Crippen molar-refractivity contribution in [1.82, 2.24) is 4.90 Å². The van der Waals surface area contributed by atoms with Gasteiger partial charge in [0.2, 0.25) is 0 Å². The maximum atomic E-state index is 13.1. The fourth-order valence-electron chi connectivity index (χ4n) is 1.85. The quantitative estimate of drug-likeness (QED) is 0.708. The van der Waals surface area contributed by atoms with Crippen LogP contribution >= 0.6 is 22.6 Å². The lowest BCUT2D eigenvalue weighted by Gasteiger charge is -2.18. The van der Waals surface area contributed by atoms with E-state index in [1.807, 2.05) is 22.6 Å². The zero-order chi connectivity index (χ0) is 15.6. The third-order valence-electron chi connectivity index (χ3n) is 2.91. The van der Waals surface area contributed by atoms with Gasteiger partial charge in [-0.1, -0.05) is 6.07 Å². The average molecular weight is 405 g/mol. The van der Waals surface area contributed by atoms with Crippen LogP contribution in [0.1, 0.15) is 15.9 Å². The van der Waals surface area contributed by atoms with Crippen LogP contribution in [-0.2, 0) is 6.54 Å². The lowest BCUT2D eigenvalue weighted by Crippen LogP contribution is -2.27. The second kappa shape index (κ2) is 6.46. The highest BCUT2D eigenvalue weighted by molar-refractivity contribution is 14.1. The van der Waals surface area contributed by atoms with E-state index in [1.54, 1.807) is 7.05 Å². The summed E-state index contributed by atoms with van der Waals surface area (Å²) in [7, 11) is 1.54. The molecule has 21 heavy (non-hydrogen) atoms. The highest BCUT2D eigenvalue weighted by Crippen LogP contribution is 2.17. The highest BCUT2D eigenvalue weighted by atomic mass is 127. The first-order chi connectivity index (χ1) is 9.88. The van der Waals surface area contributed by atoms with Crippen LogP contribution in [0.4, 0.5) is 13.2 Å². The number of benzene rings is 2. The summed E-state index contributed by atoms with van der Waals surface area (Å²) < 4.78 is 39.5. The Kier molecular flexibility index (Phi) is 4.87. The summed E-state index contributed by atoms with van der Waals surface area (Å²) in [6.45, 7) is 0.128. The van der Waals surface area contributed by atoms with Crippen molar-refractivity contribution in [2.24, 2.45) is 0 Å². The van der Waals surface area contributed by atoms with Gasteiger partial charge in [0.1, 0.15) is 5.82 Å². The van der Waals surface area contributed by atoms with Crippen LogP contribution < -0.4 is 0 Å². The van der Waals surface area contributed by atoms with Crippen molar-refractivity contribution < 1.29 is 18.0 Å². The molecule has 0 spiro atoms. The topological polar surface area (TPSA) is 20.3 Å². The van der Waals surface area contributed by atoms with E-state index in [2.05, 4.69) is 0 Å². The van der Waals surface area contributed by atoms with Crippen LogP contribution in [0.15, 0.2) is 36.4 Å². The molecule has 110 valence electrons. The van der Waals surface area contributed by atoms with E-state index in [0.717, 1.165) is 12.1 Å². The van der Waals surface area contributed by atoms with Crippen LogP contribution in [0.2, 0.25) is 0 Å². The van der Waals surface area contributed by atoms with Crippen molar-refractivity contribution >= 4 is 28.5 Å². The van der Waals surface area contributed by atoms with Gasteiger partial charge in [0.05, 0.1) is 5.56 Å². The number of amides is 1. The fraction of sp³-hybridized carbons (Fsp3) is 0.133. The molecular formula is C15H11F3INO. The van der Waals surface area contributed by atoms with Gasteiger partial charge in [-0.2, -0.15) is 0 Å². The standard InChI is InChI=1S/C15H11F3INO/c1-20(8-9-2-5-12(17)13(18)6-9)15(21)11-4-3-10(16)7-14(11)19/h2-7H,8H2,1H3. The summed E-state index contributed by atoms with van der Waals surface area (Å²) in [4.78, 5) is 13.6.